The van der Waals surface area contributed by atoms with Crippen molar-refractivity contribution in [3.8, 4) is 5.75 Å². The molecule has 0 aliphatic heterocycles. The van der Waals surface area contributed by atoms with Gasteiger partial charge < -0.3 is 9.84 Å². The van der Waals surface area contributed by atoms with Gasteiger partial charge in [0, 0.05) is 12.1 Å². The van der Waals surface area contributed by atoms with Gasteiger partial charge in [0.1, 0.15) is 5.75 Å². The molecule has 6 nitrogen and oxygen atoms in total. The van der Waals surface area contributed by atoms with Crippen LogP contribution in [0.1, 0.15) is 12.5 Å². The number of nitro benzene ring substituents is 1. The van der Waals surface area contributed by atoms with Crippen molar-refractivity contribution in [3.05, 3.63) is 33.9 Å². The molecule has 0 heterocycles. The van der Waals surface area contributed by atoms with E-state index in [1.807, 2.05) is 0 Å². The number of hydrogen-bond acceptors (Lipinski definition) is 4. The standard InChI is InChI=1S/C10H11NO5/c1-6-5-8(11(14)15)3-4-9(6)16-7(2)10(12)13/h3-5,7H,1-2H3,(H,12,13). The number of carbonyl (C=O) groups is 1. The first kappa shape index (κ1) is 12.0. The van der Waals surface area contributed by atoms with E-state index in [2.05, 4.69) is 0 Å². The Morgan fingerprint density at radius 2 is 2.19 bits per heavy atom. The number of nitrogens with zero attached hydrogens (tertiary/aromatic N) is 1. The molecule has 0 radical (unpaired) electrons. The van der Waals surface area contributed by atoms with Gasteiger partial charge in [0.25, 0.3) is 5.69 Å². The number of carboxylic acid groups (broad SMARTS) is 1. The molecule has 1 atom stereocenters. The molecular formula is C10H11NO5. The number of rotatable bonds is 4. The van der Waals surface area contributed by atoms with Gasteiger partial charge in [0.15, 0.2) is 6.10 Å². The van der Waals surface area contributed by atoms with Crippen LogP contribution < -0.4 is 4.74 Å². The van der Waals surface area contributed by atoms with Crippen LogP contribution in [0.5, 0.6) is 5.75 Å². The highest BCUT2D eigenvalue weighted by molar-refractivity contribution is 5.72. The highest BCUT2D eigenvalue weighted by atomic mass is 16.6. The molecule has 0 bridgehead atoms. The van der Waals surface area contributed by atoms with E-state index >= 15 is 0 Å². The summed E-state index contributed by atoms with van der Waals surface area (Å²) in [5.74, 6) is -0.752. The van der Waals surface area contributed by atoms with Gasteiger partial charge in [-0.25, -0.2) is 4.79 Å². The zero-order valence-electron chi connectivity index (χ0n) is 8.84. The average molecular weight is 225 g/mol. The molecule has 0 saturated heterocycles. The fraction of sp³-hybridized carbons (Fsp3) is 0.300. The minimum Gasteiger partial charge on any atom is -0.479 e. The number of hydrogen-bond donors (Lipinski definition) is 1. The molecule has 1 N–H and O–H groups in total. The molecule has 0 aliphatic rings. The lowest BCUT2D eigenvalue weighted by molar-refractivity contribution is -0.384. The number of ether oxygens (including phenoxy) is 1. The summed E-state index contributed by atoms with van der Waals surface area (Å²) >= 11 is 0. The smallest absolute Gasteiger partial charge is 0.344 e. The number of nitro groups is 1. The van der Waals surface area contributed by atoms with Crippen LogP contribution in [0.2, 0.25) is 0 Å². The normalized spacial score (nSPS) is 11.9. The van der Waals surface area contributed by atoms with E-state index in [1.54, 1.807) is 6.92 Å². The van der Waals surface area contributed by atoms with Crippen LogP contribution in [0.15, 0.2) is 18.2 Å². The van der Waals surface area contributed by atoms with Gasteiger partial charge >= 0.3 is 5.97 Å². The van der Waals surface area contributed by atoms with Crippen LogP contribution in [0, 0.1) is 17.0 Å². The predicted octanol–water partition coefficient (Wildman–Crippen LogP) is 1.76. The Hall–Kier alpha value is -2.11. The van der Waals surface area contributed by atoms with Crippen molar-refractivity contribution in [3.63, 3.8) is 0 Å². The second-order valence-corrected chi connectivity index (χ2v) is 3.31. The summed E-state index contributed by atoms with van der Waals surface area (Å²) in [6, 6.07) is 4.01. The minimum atomic E-state index is -1.09. The zero-order valence-corrected chi connectivity index (χ0v) is 8.84. The summed E-state index contributed by atoms with van der Waals surface area (Å²) in [6.07, 6.45) is -0.986. The monoisotopic (exact) mass is 225 g/mol. The summed E-state index contributed by atoms with van der Waals surface area (Å²) in [5, 5.41) is 19.1. The van der Waals surface area contributed by atoms with Crippen molar-refractivity contribution in [2.24, 2.45) is 0 Å². The van der Waals surface area contributed by atoms with Crippen LogP contribution in [0.3, 0.4) is 0 Å². The van der Waals surface area contributed by atoms with Crippen molar-refractivity contribution in [1.29, 1.82) is 0 Å². The maximum absolute atomic E-state index is 10.6. The molecule has 0 fully saturated rings. The number of carboxylic acids is 1. The fourth-order valence-corrected chi connectivity index (χ4v) is 1.12. The van der Waals surface area contributed by atoms with E-state index in [9.17, 15) is 14.9 Å². The SMILES string of the molecule is Cc1cc([N+](=O)[O-])ccc1OC(C)C(=O)O. The predicted molar refractivity (Wildman–Crippen MR) is 55.6 cm³/mol. The van der Waals surface area contributed by atoms with Gasteiger partial charge in [0.2, 0.25) is 0 Å². The highest BCUT2D eigenvalue weighted by Crippen LogP contribution is 2.24. The molecule has 0 aliphatic carbocycles. The van der Waals surface area contributed by atoms with Crippen molar-refractivity contribution in [2.45, 2.75) is 20.0 Å². The largest absolute Gasteiger partial charge is 0.479 e. The second-order valence-electron chi connectivity index (χ2n) is 3.31. The lowest BCUT2D eigenvalue weighted by atomic mass is 10.2. The van der Waals surface area contributed by atoms with Gasteiger partial charge in [-0.3, -0.25) is 10.1 Å². The first-order valence-electron chi connectivity index (χ1n) is 4.56. The average Bonchev–Trinajstić information content (AvgIpc) is 2.20. The number of aliphatic carboxylic acids is 1. The number of non-ortho nitro benzene ring substituents is 1. The van der Waals surface area contributed by atoms with Crippen LogP contribution in [0.25, 0.3) is 0 Å². The Labute approximate surface area is 91.6 Å². The molecule has 1 unspecified atom stereocenters. The summed E-state index contributed by atoms with van der Waals surface area (Å²) < 4.78 is 5.12. The first-order chi connectivity index (χ1) is 7.41. The van der Waals surface area contributed by atoms with Crippen molar-refractivity contribution in [1.82, 2.24) is 0 Å². The van der Waals surface area contributed by atoms with E-state index in [0.29, 0.717) is 11.3 Å². The van der Waals surface area contributed by atoms with E-state index in [-0.39, 0.29) is 5.69 Å². The molecule has 0 amide bonds. The maximum Gasteiger partial charge on any atom is 0.344 e. The summed E-state index contributed by atoms with van der Waals surface area (Å²) in [5.41, 5.74) is 0.482. The third-order valence-electron chi connectivity index (χ3n) is 2.02. The fourth-order valence-electron chi connectivity index (χ4n) is 1.12. The molecule has 1 rings (SSSR count). The van der Waals surface area contributed by atoms with Gasteiger partial charge in [-0.15, -0.1) is 0 Å². The van der Waals surface area contributed by atoms with Crippen LogP contribution in [0.4, 0.5) is 5.69 Å². The minimum absolute atomic E-state index is 0.0483. The molecular weight excluding hydrogens is 214 g/mol. The molecule has 0 aromatic heterocycles. The molecule has 86 valence electrons. The summed E-state index contributed by atoms with van der Waals surface area (Å²) in [6.45, 7) is 3.01. The molecule has 16 heavy (non-hydrogen) atoms. The maximum atomic E-state index is 10.6. The third-order valence-corrected chi connectivity index (χ3v) is 2.02. The topological polar surface area (TPSA) is 89.7 Å². The Kier molecular flexibility index (Phi) is 3.44. The second kappa shape index (κ2) is 4.61. The molecule has 1 aromatic rings. The van der Waals surface area contributed by atoms with Crippen molar-refractivity contribution in [2.75, 3.05) is 0 Å². The molecule has 0 saturated carbocycles. The van der Waals surface area contributed by atoms with Gasteiger partial charge in [-0.05, 0) is 25.5 Å². The quantitative estimate of drug-likeness (QED) is 0.622. The summed E-state index contributed by atoms with van der Waals surface area (Å²) in [4.78, 5) is 20.5. The highest BCUT2D eigenvalue weighted by Gasteiger charge is 2.15. The molecule has 6 heteroatoms. The molecule has 1 aromatic carbocycles. The van der Waals surface area contributed by atoms with Crippen LogP contribution in [-0.2, 0) is 4.79 Å². The van der Waals surface area contributed by atoms with E-state index < -0.39 is 17.0 Å². The summed E-state index contributed by atoms with van der Waals surface area (Å²) in [7, 11) is 0. The molecule has 0 spiro atoms. The van der Waals surface area contributed by atoms with Gasteiger partial charge in [-0.1, -0.05) is 0 Å². The lowest BCUT2D eigenvalue weighted by Gasteiger charge is -2.12. The Bertz CT molecular complexity index is 429. The Morgan fingerprint density at radius 1 is 1.56 bits per heavy atom. The number of aryl methyl sites for hydroxylation is 1. The first-order valence-corrected chi connectivity index (χ1v) is 4.56. The van der Waals surface area contributed by atoms with Crippen molar-refractivity contribution >= 4 is 11.7 Å². The zero-order chi connectivity index (χ0) is 12.3. The van der Waals surface area contributed by atoms with Gasteiger partial charge in [0.05, 0.1) is 4.92 Å². The Balaban J connectivity index is 2.91. The number of benzene rings is 1. The van der Waals surface area contributed by atoms with Crippen molar-refractivity contribution < 1.29 is 19.6 Å². The van der Waals surface area contributed by atoms with E-state index in [4.69, 9.17) is 9.84 Å². The Morgan fingerprint density at radius 3 is 2.62 bits per heavy atom. The van der Waals surface area contributed by atoms with Gasteiger partial charge in [-0.2, -0.15) is 0 Å². The van der Waals surface area contributed by atoms with Crippen LogP contribution >= 0.6 is 0 Å². The van der Waals surface area contributed by atoms with E-state index in [0.717, 1.165) is 0 Å². The van der Waals surface area contributed by atoms with Crippen LogP contribution in [-0.4, -0.2) is 22.1 Å². The third kappa shape index (κ3) is 2.69. The lowest BCUT2D eigenvalue weighted by Crippen LogP contribution is -2.23. The van der Waals surface area contributed by atoms with E-state index in [1.165, 1.54) is 25.1 Å².